The Morgan fingerprint density at radius 3 is 2.04 bits per heavy atom. The Bertz CT molecular complexity index is 725. The minimum Gasteiger partial charge on any atom is -0.387 e. The Kier molecular flexibility index (Phi) is 3.56. The van der Waals surface area contributed by atoms with Crippen LogP contribution in [-0.2, 0) is 28.5 Å². The van der Waals surface area contributed by atoms with Gasteiger partial charge in [0.15, 0.2) is 0 Å². The van der Waals surface area contributed by atoms with E-state index >= 15 is 0 Å². The Morgan fingerprint density at radius 1 is 1.00 bits per heavy atom. The molecule has 0 spiro atoms. The van der Waals surface area contributed by atoms with Crippen LogP contribution in [0.1, 0.15) is 12.5 Å². The summed E-state index contributed by atoms with van der Waals surface area (Å²) in [5.74, 6) is -1.42. The van der Waals surface area contributed by atoms with E-state index in [1.54, 1.807) is 12.1 Å². The monoisotopic (exact) mass is 358 g/mol. The molecule has 3 aliphatic heterocycles. The van der Waals surface area contributed by atoms with Crippen molar-refractivity contribution in [3.05, 3.63) is 29.8 Å². The first-order valence-electron chi connectivity index (χ1n) is 7.60. The molecule has 4 bridgehead atoms. The predicted molar refractivity (Wildman–Crippen MR) is 78.3 cm³/mol. The minimum atomic E-state index is -4.11. The minimum absolute atomic E-state index is 0.0200. The van der Waals surface area contributed by atoms with Gasteiger partial charge in [0.2, 0.25) is 0 Å². The van der Waals surface area contributed by atoms with Gasteiger partial charge in [-0.3, -0.25) is 4.18 Å². The number of aryl methyl sites for hydroxylation is 1. The van der Waals surface area contributed by atoms with Crippen LogP contribution in [0, 0.1) is 6.92 Å². The normalized spacial score (nSPS) is 44.0. The first kappa shape index (κ1) is 16.4. The van der Waals surface area contributed by atoms with Crippen LogP contribution in [0.3, 0.4) is 0 Å². The van der Waals surface area contributed by atoms with Crippen molar-refractivity contribution in [1.82, 2.24) is 0 Å². The molecule has 3 heterocycles. The highest BCUT2D eigenvalue weighted by molar-refractivity contribution is 7.86. The summed E-state index contributed by atoms with van der Waals surface area (Å²) in [5, 5.41) is 20.5. The van der Waals surface area contributed by atoms with E-state index in [-0.39, 0.29) is 4.90 Å². The van der Waals surface area contributed by atoms with Gasteiger partial charge in [-0.15, -0.1) is 0 Å². The molecule has 3 unspecified atom stereocenters. The fourth-order valence-corrected chi connectivity index (χ4v) is 4.50. The van der Waals surface area contributed by atoms with E-state index in [1.807, 2.05) is 6.92 Å². The number of hydrogen-bond acceptors (Lipinski definition) is 8. The van der Waals surface area contributed by atoms with Gasteiger partial charge in [0.1, 0.15) is 36.6 Å². The molecule has 4 aliphatic rings. The highest BCUT2D eigenvalue weighted by Gasteiger charge is 2.66. The van der Waals surface area contributed by atoms with Crippen LogP contribution in [0.25, 0.3) is 0 Å². The van der Waals surface area contributed by atoms with Crippen LogP contribution in [0.2, 0.25) is 0 Å². The fraction of sp³-hybridized carbons (Fsp3) is 0.600. The van der Waals surface area contributed by atoms with E-state index in [9.17, 15) is 18.6 Å². The molecular weight excluding hydrogens is 340 g/mol. The highest BCUT2D eigenvalue weighted by atomic mass is 32.2. The second kappa shape index (κ2) is 5.21. The molecule has 0 radical (unpaired) electrons. The topological polar surface area (TPSA) is 112 Å². The average molecular weight is 358 g/mol. The summed E-state index contributed by atoms with van der Waals surface area (Å²) in [5.41, 5.74) is 0.908. The summed E-state index contributed by atoms with van der Waals surface area (Å²) in [6, 6.07) is 6.16. The molecule has 2 N–H and O–H groups in total. The van der Waals surface area contributed by atoms with E-state index in [1.165, 1.54) is 19.1 Å². The molecule has 0 amide bonds. The third kappa shape index (κ3) is 2.39. The van der Waals surface area contributed by atoms with Crippen molar-refractivity contribution in [1.29, 1.82) is 0 Å². The van der Waals surface area contributed by atoms with Crippen molar-refractivity contribution in [2.24, 2.45) is 0 Å². The van der Waals surface area contributed by atoms with E-state index in [2.05, 4.69) is 0 Å². The van der Waals surface area contributed by atoms with Crippen molar-refractivity contribution in [2.75, 3.05) is 0 Å². The molecule has 1 aliphatic carbocycles. The zero-order valence-corrected chi connectivity index (χ0v) is 13.8. The van der Waals surface area contributed by atoms with Crippen LogP contribution in [-0.4, -0.2) is 61.2 Å². The Hall–Kier alpha value is -1.07. The van der Waals surface area contributed by atoms with Gasteiger partial charge in [-0.05, 0) is 19.1 Å². The number of benzene rings is 1. The molecule has 9 heteroatoms. The smallest absolute Gasteiger partial charge is 0.297 e. The van der Waals surface area contributed by atoms with E-state index < -0.39 is 52.7 Å². The molecule has 24 heavy (non-hydrogen) atoms. The van der Waals surface area contributed by atoms with Crippen molar-refractivity contribution in [3.8, 4) is 0 Å². The quantitative estimate of drug-likeness (QED) is 0.706. The van der Waals surface area contributed by atoms with E-state index in [0.29, 0.717) is 0 Å². The zero-order valence-electron chi connectivity index (χ0n) is 13.0. The number of aliphatic hydroxyl groups excluding tert-OH is 2. The second-order valence-corrected chi connectivity index (χ2v) is 7.99. The summed E-state index contributed by atoms with van der Waals surface area (Å²) in [4.78, 5) is -0.0200. The summed E-state index contributed by atoms with van der Waals surface area (Å²) in [7, 11) is -4.11. The van der Waals surface area contributed by atoms with Crippen LogP contribution in [0.5, 0.6) is 0 Å². The molecule has 3 saturated heterocycles. The lowest BCUT2D eigenvalue weighted by Crippen LogP contribution is -2.78. The van der Waals surface area contributed by atoms with Crippen LogP contribution >= 0.6 is 0 Å². The molecule has 8 nitrogen and oxygen atoms in total. The summed E-state index contributed by atoms with van der Waals surface area (Å²) >= 11 is 0. The molecule has 0 aromatic heterocycles. The molecule has 1 aromatic rings. The van der Waals surface area contributed by atoms with Crippen molar-refractivity contribution in [2.45, 2.75) is 61.3 Å². The van der Waals surface area contributed by atoms with E-state index in [4.69, 9.17) is 18.4 Å². The van der Waals surface area contributed by atoms with Crippen molar-refractivity contribution in [3.63, 3.8) is 0 Å². The van der Waals surface area contributed by atoms with Gasteiger partial charge in [0.25, 0.3) is 16.1 Å². The lowest BCUT2D eigenvalue weighted by Gasteiger charge is -2.60. The van der Waals surface area contributed by atoms with Gasteiger partial charge < -0.3 is 24.4 Å². The maximum Gasteiger partial charge on any atom is 0.297 e. The SMILES string of the molecule is Cc1ccc(S(=O)(=O)OC2[C@H]3OC4(C)OC([C@@H]3O)[C@H](O)[C@H]2O4)cc1. The molecule has 5 rings (SSSR count). The third-order valence-electron chi connectivity index (χ3n) is 4.59. The number of ether oxygens (including phenoxy) is 3. The Morgan fingerprint density at radius 2 is 1.50 bits per heavy atom. The number of hydrogen-bond donors (Lipinski definition) is 2. The van der Waals surface area contributed by atoms with Gasteiger partial charge in [0.05, 0.1) is 4.90 Å². The Balaban J connectivity index is 1.64. The maximum atomic E-state index is 12.5. The van der Waals surface area contributed by atoms with E-state index in [0.717, 1.165) is 5.56 Å². The third-order valence-corrected chi connectivity index (χ3v) is 5.92. The largest absolute Gasteiger partial charge is 0.387 e. The molecule has 7 atom stereocenters. The summed E-state index contributed by atoms with van der Waals surface area (Å²) in [6.45, 7) is 3.34. The van der Waals surface area contributed by atoms with Crippen molar-refractivity contribution < 1.29 is 37.0 Å². The van der Waals surface area contributed by atoms with Gasteiger partial charge in [-0.25, -0.2) is 0 Å². The van der Waals surface area contributed by atoms with Crippen LogP contribution in [0.15, 0.2) is 29.2 Å². The van der Waals surface area contributed by atoms with Gasteiger partial charge >= 0.3 is 0 Å². The lowest BCUT2D eigenvalue weighted by molar-refractivity contribution is -0.529. The molecule has 4 fully saturated rings. The first-order chi connectivity index (χ1) is 11.2. The number of aliphatic hydroxyl groups is 2. The first-order valence-corrected chi connectivity index (χ1v) is 9.01. The molecule has 1 aromatic carbocycles. The molecular formula is C15H18O8S. The second-order valence-electron chi connectivity index (χ2n) is 6.42. The van der Waals surface area contributed by atoms with Gasteiger partial charge in [0, 0.05) is 6.92 Å². The zero-order chi connectivity index (χ0) is 17.3. The highest BCUT2D eigenvalue weighted by Crippen LogP contribution is 2.46. The lowest BCUT2D eigenvalue weighted by atomic mass is 9.82. The summed E-state index contributed by atoms with van der Waals surface area (Å²) in [6.07, 6.45) is -6.46. The standard InChI is InChI=1S/C15H18O8S/c1-7-3-5-8(6-4-7)24(18,19)23-14-12-9(16)11-10(17)13(14)22-15(2,20-11)21-12/h3-6,9-14,16-17H,1-2H3/t9-,10-,11?,12-,13+,14?,15?/m0/s1. The van der Waals surface area contributed by atoms with Crippen LogP contribution in [0.4, 0.5) is 0 Å². The molecule has 1 saturated carbocycles. The molecule has 132 valence electrons. The summed E-state index contributed by atoms with van der Waals surface area (Å²) < 4.78 is 46.6. The Labute approximate surface area is 139 Å². The predicted octanol–water partition coefficient (Wildman–Crippen LogP) is -0.339. The average Bonchev–Trinajstić information content (AvgIpc) is 2.51. The van der Waals surface area contributed by atoms with Gasteiger partial charge in [-0.1, -0.05) is 17.7 Å². The van der Waals surface area contributed by atoms with Crippen molar-refractivity contribution >= 4 is 10.1 Å². The van der Waals surface area contributed by atoms with Crippen LogP contribution < -0.4 is 0 Å². The number of rotatable bonds is 3. The fourth-order valence-electron chi connectivity index (χ4n) is 3.41. The maximum absolute atomic E-state index is 12.5. The van der Waals surface area contributed by atoms with Gasteiger partial charge in [-0.2, -0.15) is 8.42 Å².